The number of anilines is 1. The summed E-state index contributed by atoms with van der Waals surface area (Å²) in [6.45, 7) is 0.586. The van der Waals surface area contributed by atoms with Gasteiger partial charge in [0.2, 0.25) is 5.91 Å². The molecule has 1 aromatic heterocycles. The van der Waals surface area contributed by atoms with E-state index < -0.39 is 0 Å². The maximum absolute atomic E-state index is 11.7. The molecule has 0 bridgehead atoms. The minimum atomic E-state index is -0.0364. The Labute approximate surface area is 133 Å². The van der Waals surface area contributed by atoms with Crippen LogP contribution in [0.3, 0.4) is 0 Å². The molecular formula is C15H17ClN2O2S. The molecule has 0 atom stereocenters. The summed E-state index contributed by atoms with van der Waals surface area (Å²) < 4.78 is 4.92. The van der Waals surface area contributed by atoms with Gasteiger partial charge in [0.1, 0.15) is 0 Å². The van der Waals surface area contributed by atoms with Crippen molar-refractivity contribution in [1.82, 2.24) is 4.98 Å². The molecule has 0 unspecified atom stereocenters. The number of halogens is 1. The van der Waals surface area contributed by atoms with Crippen LogP contribution in [0.2, 0.25) is 5.02 Å². The van der Waals surface area contributed by atoms with Gasteiger partial charge in [-0.2, -0.15) is 0 Å². The maximum atomic E-state index is 11.7. The summed E-state index contributed by atoms with van der Waals surface area (Å²) in [4.78, 5) is 17.0. The van der Waals surface area contributed by atoms with E-state index in [1.165, 1.54) is 11.3 Å². The number of carbonyl (C=O) groups is 1. The van der Waals surface area contributed by atoms with Gasteiger partial charge in [-0.25, -0.2) is 4.98 Å². The van der Waals surface area contributed by atoms with E-state index in [-0.39, 0.29) is 5.91 Å². The Balaban J connectivity index is 1.89. The zero-order chi connectivity index (χ0) is 15.1. The van der Waals surface area contributed by atoms with Crippen molar-refractivity contribution in [2.75, 3.05) is 19.0 Å². The van der Waals surface area contributed by atoms with Gasteiger partial charge in [-0.3, -0.25) is 4.79 Å². The third-order valence-electron chi connectivity index (χ3n) is 2.87. The largest absolute Gasteiger partial charge is 0.385 e. The van der Waals surface area contributed by atoms with Crippen molar-refractivity contribution < 1.29 is 9.53 Å². The molecule has 21 heavy (non-hydrogen) atoms. The van der Waals surface area contributed by atoms with Crippen molar-refractivity contribution in [1.29, 1.82) is 0 Å². The summed E-state index contributed by atoms with van der Waals surface area (Å²) in [6, 6.07) is 7.73. The number of hydrogen-bond donors (Lipinski definition) is 1. The first-order valence-corrected chi connectivity index (χ1v) is 7.85. The lowest BCUT2D eigenvalue weighted by atomic mass is 10.1. The van der Waals surface area contributed by atoms with Crippen LogP contribution < -0.4 is 5.32 Å². The number of nitrogens with zero attached hydrogens (tertiary/aromatic N) is 1. The van der Waals surface area contributed by atoms with E-state index in [1.54, 1.807) is 13.3 Å². The Bertz CT molecular complexity index is 601. The van der Waals surface area contributed by atoms with Gasteiger partial charge >= 0.3 is 0 Å². The predicted molar refractivity (Wildman–Crippen MR) is 86.1 cm³/mol. The van der Waals surface area contributed by atoms with Crippen molar-refractivity contribution in [3.63, 3.8) is 0 Å². The van der Waals surface area contributed by atoms with Crippen LogP contribution in [0.5, 0.6) is 0 Å². The number of aromatic nitrogens is 1. The number of amides is 1. The highest BCUT2D eigenvalue weighted by atomic mass is 35.5. The molecule has 6 heteroatoms. The quantitative estimate of drug-likeness (QED) is 0.789. The third kappa shape index (κ3) is 5.12. The van der Waals surface area contributed by atoms with Crippen LogP contribution in [-0.4, -0.2) is 24.6 Å². The SMILES string of the molecule is COCCCC(=O)Nc1ncc(Cc2ccccc2Cl)s1. The monoisotopic (exact) mass is 324 g/mol. The summed E-state index contributed by atoms with van der Waals surface area (Å²) in [7, 11) is 1.62. The van der Waals surface area contributed by atoms with Gasteiger partial charge in [0, 0.05) is 42.7 Å². The number of nitrogens with one attached hydrogen (secondary N) is 1. The first kappa shape index (κ1) is 15.9. The van der Waals surface area contributed by atoms with E-state index in [0.717, 1.165) is 21.9 Å². The summed E-state index contributed by atoms with van der Waals surface area (Å²) in [5.74, 6) is -0.0364. The highest BCUT2D eigenvalue weighted by Crippen LogP contribution is 2.24. The van der Waals surface area contributed by atoms with Gasteiger partial charge < -0.3 is 10.1 Å². The Morgan fingerprint density at radius 2 is 2.24 bits per heavy atom. The molecular weight excluding hydrogens is 308 g/mol. The molecule has 2 rings (SSSR count). The summed E-state index contributed by atoms with van der Waals surface area (Å²) in [5, 5.41) is 4.17. The van der Waals surface area contributed by atoms with Crippen LogP contribution in [-0.2, 0) is 16.0 Å². The molecule has 2 aromatic rings. The zero-order valence-corrected chi connectivity index (χ0v) is 13.3. The van der Waals surface area contributed by atoms with Crippen molar-refractivity contribution in [3.05, 3.63) is 45.9 Å². The summed E-state index contributed by atoms with van der Waals surface area (Å²) in [5.41, 5.74) is 1.06. The van der Waals surface area contributed by atoms with Gasteiger partial charge in [0.15, 0.2) is 5.13 Å². The minimum Gasteiger partial charge on any atom is -0.385 e. The van der Waals surface area contributed by atoms with Crippen LogP contribution in [0.25, 0.3) is 0 Å². The topological polar surface area (TPSA) is 51.2 Å². The van der Waals surface area contributed by atoms with Gasteiger partial charge in [0.05, 0.1) is 0 Å². The fraction of sp³-hybridized carbons (Fsp3) is 0.333. The average molecular weight is 325 g/mol. The van der Waals surface area contributed by atoms with Crippen LogP contribution in [0, 0.1) is 0 Å². The van der Waals surface area contributed by atoms with Crippen molar-refractivity contribution in [2.24, 2.45) is 0 Å². The number of thiazole rings is 1. The number of rotatable bonds is 7. The van der Waals surface area contributed by atoms with Crippen molar-refractivity contribution in [3.8, 4) is 0 Å². The Morgan fingerprint density at radius 1 is 1.43 bits per heavy atom. The van der Waals surface area contributed by atoms with Crippen molar-refractivity contribution >= 4 is 34.0 Å². The van der Waals surface area contributed by atoms with Gasteiger partial charge in [-0.05, 0) is 18.1 Å². The molecule has 0 saturated heterocycles. The number of benzene rings is 1. The fourth-order valence-corrected chi connectivity index (χ4v) is 2.89. The van der Waals surface area contributed by atoms with E-state index in [0.29, 0.717) is 24.6 Å². The standard InChI is InChI=1S/C15H17ClN2O2S/c1-20-8-4-7-14(19)18-15-17-10-12(21-15)9-11-5-2-3-6-13(11)16/h2-3,5-6,10H,4,7-9H2,1H3,(H,17,18,19). The molecule has 112 valence electrons. The molecule has 1 N–H and O–H groups in total. The van der Waals surface area contributed by atoms with E-state index >= 15 is 0 Å². The highest BCUT2D eigenvalue weighted by molar-refractivity contribution is 7.15. The molecule has 0 aliphatic carbocycles. The predicted octanol–water partition coefficient (Wildman–Crippen LogP) is 3.75. The lowest BCUT2D eigenvalue weighted by Crippen LogP contribution is -2.11. The van der Waals surface area contributed by atoms with Gasteiger partial charge in [0.25, 0.3) is 0 Å². The molecule has 0 spiro atoms. The second-order valence-electron chi connectivity index (χ2n) is 4.54. The number of methoxy groups -OCH3 is 1. The first-order valence-electron chi connectivity index (χ1n) is 6.66. The number of ether oxygens (including phenoxy) is 1. The molecule has 1 amide bonds. The molecule has 0 aliphatic rings. The first-order chi connectivity index (χ1) is 10.2. The van der Waals surface area contributed by atoms with E-state index in [9.17, 15) is 4.79 Å². The van der Waals surface area contributed by atoms with E-state index in [4.69, 9.17) is 16.3 Å². The van der Waals surface area contributed by atoms with Gasteiger partial charge in [-0.15, -0.1) is 11.3 Å². The van der Waals surface area contributed by atoms with Crippen LogP contribution in [0.15, 0.2) is 30.5 Å². The Kier molecular flexibility index (Phi) is 6.17. The second kappa shape index (κ2) is 8.12. The molecule has 0 aliphatic heterocycles. The lowest BCUT2D eigenvalue weighted by molar-refractivity contribution is -0.116. The van der Waals surface area contributed by atoms with Crippen LogP contribution >= 0.6 is 22.9 Å². The normalized spacial score (nSPS) is 10.6. The third-order valence-corrected chi connectivity index (χ3v) is 4.16. The van der Waals surface area contributed by atoms with E-state index in [2.05, 4.69) is 10.3 Å². The Hall–Kier alpha value is -1.43. The lowest BCUT2D eigenvalue weighted by Gasteiger charge is -2.01. The maximum Gasteiger partial charge on any atom is 0.226 e. The smallest absolute Gasteiger partial charge is 0.226 e. The molecule has 4 nitrogen and oxygen atoms in total. The van der Waals surface area contributed by atoms with Crippen LogP contribution in [0.4, 0.5) is 5.13 Å². The zero-order valence-electron chi connectivity index (χ0n) is 11.8. The molecule has 0 fully saturated rings. The van der Waals surface area contributed by atoms with Crippen LogP contribution in [0.1, 0.15) is 23.3 Å². The van der Waals surface area contributed by atoms with Gasteiger partial charge in [-0.1, -0.05) is 29.8 Å². The minimum absolute atomic E-state index is 0.0364. The summed E-state index contributed by atoms with van der Waals surface area (Å²) >= 11 is 7.61. The Morgan fingerprint density at radius 3 is 3.00 bits per heavy atom. The highest BCUT2D eigenvalue weighted by Gasteiger charge is 2.08. The second-order valence-corrected chi connectivity index (χ2v) is 6.07. The number of carbonyl (C=O) groups excluding carboxylic acids is 1. The molecule has 0 radical (unpaired) electrons. The van der Waals surface area contributed by atoms with E-state index in [1.807, 2.05) is 24.3 Å². The molecule has 0 saturated carbocycles. The number of hydrogen-bond acceptors (Lipinski definition) is 4. The summed E-state index contributed by atoms with van der Waals surface area (Å²) in [6.07, 6.45) is 3.64. The molecule has 1 heterocycles. The van der Waals surface area contributed by atoms with Crippen molar-refractivity contribution in [2.45, 2.75) is 19.3 Å². The average Bonchev–Trinajstić information content (AvgIpc) is 2.89. The molecule has 1 aromatic carbocycles. The fourth-order valence-electron chi connectivity index (χ4n) is 1.84.